The van der Waals surface area contributed by atoms with Gasteiger partial charge in [0.1, 0.15) is 11.4 Å². The Bertz CT molecular complexity index is 568. The van der Waals surface area contributed by atoms with E-state index in [-0.39, 0.29) is 11.4 Å². The molecule has 0 saturated heterocycles. The van der Waals surface area contributed by atoms with Crippen molar-refractivity contribution < 1.29 is 13.9 Å². The lowest BCUT2D eigenvalue weighted by atomic mass is 10.2. The van der Waals surface area contributed by atoms with Crippen molar-refractivity contribution in [3.05, 3.63) is 41.2 Å². The Morgan fingerprint density at radius 3 is 2.78 bits per heavy atom. The second kappa shape index (κ2) is 4.81. The highest BCUT2D eigenvalue weighted by atomic mass is 19.1. The zero-order chi connectivity index (χ0) is 13.3. The third-order valence-corrected chi connectivity index (χ3v) is 2.73. The molecule has 1 aromatic carbocycles. The number of benzene rings is 1. The van der Waals surface area contributed by atoms with Crippen LogP contribution in [0, 0.1) is 18.6 Å². The lowest BCUT2D eigenvalue weighted by Gasteiger charge is -2.06. The lowest BCUT2D eigenvalue weighted by Crippen LogP contribution is -2.04. The zero-order valence-electron chi connectivity index (χ0n) is 10.1. The molecule has 1 unspecified atom stereocenters. The topological polar surface area (TPSA) is 50.9 Å². The summed E-state index contributed by atoms with van der Waals surface area (Å²) in [6.45, 7) is 3.31. The monoisotopic (exact) mass is 253 g/mol. The maximum atomic E-state index is 13.8. The van der Waals surface area contributed by atoms with Crippen molar-refractivity contribution in [3.8, 4) is 5.69 Å². The third-order valence-electron chi connectivity index (χ3n) is 2.73. The van der Waals surface area contributed by atoms with E-state index in [0.29, 0.717) is 12.0 Å². The molecule has 0 aliphatic rings. The number of aryl methyl sites for hydroxylation is 1. The largest absolute Gasteiger partial charge is 0.387 e. The van der Waals surface area contributed by atoms with Gasteiger partial charge in [0.25, 0.3) is 0 Å². The average molecular weight is 253 g/mol. The minimum Gasteiger partial charge on any atom is -0.387 e. The summed E-state index contributed by atoms with van der Waals surface area (Å²) < 4.78 is 28.5. The van der Waals surface area contributed by atoms with Gasteiger partial charge in [-0.25, -0.2) is 13.5 Å². The molecule has 2 rings (SSSR count). The van der Waals surface area contributed by atoms with Crippen LogP contribution in [0.4, 0.5) is 8.78 Å². The fourth-order valence-electron chi connectivity index (χ4n) is 1.60. The van der Waals surface area contributed by atoms with Gasteiger partial charge in [-0.2, -0.15) is 0 Å². The van der Waals surface area contributed by atoms with Crippen molar-refractivity contribution in [2.24, 2.45) is 0 Å². The smallest absolute Gasteiger partial charge is 0.154 e. The fourth-order valence-corrected chi connectivity index (χ4v) is 1.60. The molecule has 4 nitrogen and oxygen atoms in total. The molecule has 0 radical (unpaired) electrons. The standard InChI is InChI=1S/C12H13F2N3O/c1-3-10(18)9-6-17(16-15-9)12-8(13)5-4-7(2)11(12)14/h4-6,10,18H,3H2,1-2H3. The minimum atomic E-state index is -0.783. The Morgan fingerprint density at radius 2 is 2.11 bits per heavy atom. The second-order valence-corrected chi connectivity index (χ2v) is 4.04. The van der Waals surface area contributed by atoms with Crippen molar-refractivity contribution in [1.82, 2.24) is 15.0 Å². The van der Waals surface area contributed by atoms with Crippen molar-refractivity contribution in [3.63, 3.8) is 0 Å². The predicted octanol–water partition coefficient (Wildman–Crippen LogP) is 2.30. The number of halogens is 2. The van der Waals surface area contributed by atoms with Gasteiger partial charge in [0.2, 0.25) is 0 Å². The van der Waals surface area contributed by atoms with Crippen LogP contribution in [0.25, 0.3) is 5.69 Å². The van der Waals surface area contributed by atoms with Crippen molar-refractivity contribution in [2.45, 2.75) is 26.4 Å². The van der Waals surface area contributed by atoms with Gasteiger partial charge in [0.15, 0.2) is 11.6 Å². The van der Waals surface area contributed by atoms with E-state index >= 15 is 0 Å². The van der Waals surface area contributed by atoms with E-state index in [2.05, 4.69) is 10.3 Å². The Labute approximate surface area is 103 Å². The third kappa shape index (κ3) is 2.11. The first kappa shape index (κ1) is 12.6. The molecule has 0 spiro atoms. The maximum Gasteiger partial charge on any atom is 0.154 e. The number of nitrogens with zero attached hydrogens (tertiary/aromatic N) is 3. The quantitative estimate of drug-likeness (QED) is 0.913. The van der Waals surface area contributed by atoms with Gasteiger partial charge in [-0.05, 0) is 25.0 Å². The van der Waals surface area contributed by atoms with E-state index in [9.17, 15) is 13.9 Å². The van der Waals surface area contributed by atoms with Crippen LogP contribution in [0.15, 0.2) is 18.3 Å². The maximum absolute atomic E-state index is 13.8. The van der Waals surface area contributed by atoms with Crippen LogP contribution in [0.5, 0.6) is 0 Å². The normalized spacial score (nSPS) is 12.7. The molecule has 1 aromatic heterocycles. The van der Waals surface area contributed by atoms with Crippen LogP contribution in [0.3, 0.4) is 0 Å². The molecule has 1 N–H and O–H groups in total. The van der Waals surface area contributed by atoms with Crippen molar-refractivity contribution in [2.75, 3.05) is 0 Å². The van der Waals surface area contributed by atoms with Crippen LogP contribution in [-0.4, -0.2) is 20.1 Å². The van der Waals surface area contributed by atoms with Crippen molar-refractivity contribution >= 4 is 0 Å². The SMILES string of the molecule is CCC(O)c1cn(-c2c(F)ccc(C)c2F)nn1. The van der Waals surface area contributed by atoms with Gasteiger partial charge in [0, 0.05) is 0 Å². The van der Waals surface area contributed by atoms with E-state index in [4.69, 9.17) is 0 Å². The average Bonchev–Trinajstić information content (AvgIpc) is 2.83. The van der Waals surface area contributed by atoms with Crippen LogP contribution in [-0.2, 0) is 0 Å². The number of aliphatic hydroxyl groups is 1. The summed E-state index contributed by atoms with van der Waals surface area (Å²) in [5.41, 5.74) is 0.328. The highest BCUT2D eigenvalue weighted by Gasteiger charge is 2.17. The summed E-state index contributed by atoms with van der Waals surface area (Å²) in [5, 5.41) is 16.9. The van der Waals surface area contributed by atoms with Gasteiger partial charge in [0.05, 0.1) is 12.3 Å². The molecule has 0 aliphatic carbocycles. The highest BCUT2D eigenvalue weighted by molar-refractivity contribution is 5.38. The first-order valence-corrected chi connectivity index (χ1v) is 5.59. The summed E-state index contributed by atoms with van der Waals surface area (Å²) in [5.74, 6) is -1.40. The van der Waals surface area contributed by atoms with Crippen LogP contribution in [0.1, 0.15) is 30.7 Å². The number of aromatic nitrogens is 3. The van der Waals surface area contributed by atoms with Gasteiger partial charge in [-0.1, -0.05) is 18.2 Å². The number of rotatable bonds is 3. The first-order chi connectivity index (χ1) is 8.54. The summed E-state index contributed by atoms with van der Waals surface area (Å²) in [6.07, 6.45) is 1.00. The van der Waals surface area contributed by atoms with E-state index in [1.807, 2.05) is 0 Å². The van der Waals surface area contributed by atoms with Gasteiger partial charge in [-0.3, -0.25) is 0 Å². The molecule has 18 heavy (non-hydrogen) atoms. The lowest BCUT2D eigenvalue weighted by molar-refractivity contribution is 0.169. The van der Waals surface area contributed by atoms with Crippen molar-refractivity contribution in [1.29, 1.82) is 0 Å². The number of hydrogen-bond donors (Lipinski definition) is 1. The summed E-state index contributed by atoms with van der Waals surface area (Å²) in [7, 11) is 0. The molecular weight excluding hydrogens is 240 g/mol. The second-order valence-electron chi connectivity index (χ2n) is 4.04. The van der Waals surface area contributed by atoms with Crippen LogP contribution < -0.4 is 0 Å². The Balaban J connectivity index is 2.49. The van der Waals surface area contributed by atoms with E-state index in [0.717, 1.165) is 4.68 Å². The molecule has 1 heterocycles. The molecule has 0 aliphatic heterocycles. The Kier molecular flexibility index (Phi) is 3.38. The zero-order valence-corrected chi connectivity index (χ0v) is 10.1. The highest BCUT2D eigenvalue weighted by Crippen LogP contribution is 2.21. The molecular formula is C12H13F2N3O. The molecule has 1 atom stereocenters. The van der Waals surface area contributed by atoms with Gasteiger partial charge < -0.3 is 5.11 Å². The van der Waals surface area contributed by atoms with Crippen LogP contribution >= 0.6 is 0 Å². The summed E-state index contributed by atoms with van der Waals surface area (Å²) >= 11 is 0. The molecule has 0 amide bonds. The van der Waals surface area contributed by atoms with E-state index in [1.54, 1.807) is 6.92 Å². The Hall–Kier alpha value is -1.82. The van der Waals surface area contributed by atoms with E-state index < -0.39 is 17.7 Å². The Morgan fingerprint density at radius 1 is 1.39 bits per heavy atom. The van der Waals surface area contributed by atoms with E-state index in [1.165, 1.54) is 25.3 Å². The molecule has 0 bridgehead atoms. The van der Waals surface area contributed by atoms with Gasteiger partial charge in [-0.15, -0.1) is 5.10 Å². The molecule has 2 aromatic rings. The summed E-state index contributed by atoms with van der Waals surface area (Å²) in [6, 6.07) is 2.53. The molecule has 6 heteroatoms. The molecule has 0 saturated carbocycles. The molecule has 0 fully saturated rings. The van der Waals surface area contributed by atoms with Gasteiger partial charge >= 0.3 is 0 Å². The number of aliphatic hydroxyl groups excluding tert-OH is 1. The minimum absolute atomic E-state index is 0.281. The fraction of sp³-hybridized carbons (Fsp3) is 0.333. The number of hydrogen-bond acceptors (Lipinski definition) is 3. The van der Waals surface area contributed by atoms with Crippen LogP contribution in [0.2, 0.25) is 0 Å². The first-order valence-electron chi connectivity index (χ1n) is 5.59. The molecule has 96 valence electrons. The summed E-state index contributed by atoms with van der Waals surface area (Å²) in [4.78, 5) is 0. The predicted molar refractivity (Wildman–Crippen MR) is 61.3 cm³/mol.